The van der Waals surface area contributed by atoms with Crippen molar-refractivity contribution in [1.29, 1.82) is 0 Å². The Kier molecular flexibility index (Phi) is 5.56. The van der Waals surface area contributed by atoms with E-state index in [2.05, 4.69) is 23.3 Å². The number of rotatable bonds is 5. The average molecular weight is 252 g/mol. The predicted molar refractivity (Wildman–Crippen MR) is 69.7 cm³/mol. The molecule has 0 saturated carbocycles. The lowest BCUT2D eigenvalue weighted by Crippen LogP contribution is -2.24. The fraction of sp³-hybridized carbons (Fsp3) is 0.333. The fourth-order valence-corrected chi connectivity index (χ4v) is 1.44. The molecular weight excluding hydrogens is 236 g/mol. The first-order valence-electron chi connectivity index (χ1n) is 5.31. The first-order valence-corrected chi connectivity index (χ1v) is 5.95. The number of hydrogen-bond donors (Lipinski definition) is 3. The van der Waals surface area contributed by atoms with E-state index in [0.29, 0.717) is 13.1 Å². The molecule has 0 aliphatic heterocycles. The van der Waals surface area contributed by atoms with Gasteiger partial charge in [-0.25, -0.2) is 0 Å². The number of carbonyl (C=O) groups is 2. The smallest absolute Gasteiger partial charge is 0.229 e. The van der Waals surface area contributed by atoms with Crippen molar-refractivity contribution in [3.8, 4) is 0 Å². The van der Waals surface area contributed by atoms with Gasteiger partial charge in [0.2, 0.25) is 11.8 Å². The number of carbonyl (C=O) groups excluding carboxylic acids is 2. The van der Waals surface area contributed by atoms with Gasteiger partial charge in [-0.3, -0.25) is 9.59 Å². The van der Waals surface area contributed by atoms with Crippen LogP contribution in [0.3, 0.4) is 0 Å². The van der Waals surface area contributed by atoms with Crippen LogP contribution in [-0.4, -0.2) is 17.6 Å². The van der Waals surface area contributed by atoms with Crippen molar-refractivity contribution < 1.29 is 9.59 Å². The topological polar surface area (TPSA) is 58.2 Å². The Labute approximate surface area is 106 Å². The molecule has 0 saturated heterocycles. The Balaban J connectivity index is 2.53. The van der Waals surface area contributed by atoms with E-state index in [0.717, 1.165) is 11.1 Å². The molecule has 1 aromatic rings. The molecule has 0 unspecified atom stereocenters. The van der Waals surface area contributed by atoms with Crippen LogP contribution in [0.15, 0.2) is 24.3 Å². The van der Waals surface area contributed by atoms with Crippen molar-refractivity contribution >= 4 is 24.4 Å². The number of amides is 2. The predicted octanol–water partition coefficient (Wildman–Crippen LogP) is 0.869. The van der Waals surface area contributed by atoms with Gasteiger partial charge < -0.3 is 10.6 Å². The second kappa shape index (κ2) is 6.96. The summed E-state index contributed by atoms with van der Waals surface area (Å²) in [6, 6.07) is 7.71. The van der Waals surface area contributed by atoms with E-state index in [1.807, 2.05) is 24.3 Å². The SMILES string of the molecule is CC(=O)NCc1cccc(CNC(=O)CS)c1. The lowest BCUT2D eigenvalue weighted by atomic mass is 10.1. The summed E-state index contributed by atoms with van der Waals surface area (Å²) in [6.45, 7) is 2.47. The van der Waals surface area contributed by atoms with Crippen LogP contribution in [0.25, 0.3) is 0 Å². The molecule has 0 atom stereocenters. The molecule has 4 nitrogen and oxygen atoms in total. The molecule has 5 heteroatoms. The number of thiol groups is 1. The number of nitrogens with one attached hydrogen (secondary N) is 2. The summed E-state index contributed by atoms with van der Waals surface area (Å²) in [5.74, 6) is 0.0327. The Bertz CT molecular complexity index is 407. The van der Waals surface area contributed by atoms with Crippen LogP contribution < -0.4 is 10.6 Å². The summed E-state index contributed by atoms with van der Waals surface area (Å²) in [5, 5.41) is 5.46. The minimum atomic E-state index is -0.0967. The van der Waals surface area contributed by atoms with E-state index in [-0.39, 0.29) is 17.6 Å². The van der Waals surface area contributed by atoms with Crippen molar-refractivity contribution in [2.45, 2.75) is 20.0 Å². The van der Waals surface area contributed by atoms with Gasteiger partial charge in [0.05, 0.1) is 5.75 Å². The molecule has 1 rings (SSSR count). The zero-order valence-electron chi connectivity index (χ0n) is 9.69. The Hall–Kier alpha value is -1.49. The summed E-state index contributed by atoms with van der Waals surface area (Å²) in [7, 11) is 0. The van der Waals surface area contributed by atoms with Crippen molar-refractivity contribution in [3.63, 3.8) is 0 Å². The number of benzene rings is 1. The van der Waals surface area contributed by atoms with Crippen LogP contribution in [-0.2, 0) is 22.7 Å². The molecular formula is C12H16N2O2S. The standard InChI is InChI=1S/C12H16N2O2S/c1-9(15)13-6-10-3-2-4-11(5-10)7-14-12(16)8-17/h2-5,17H,6-8H2,1H3,(H,13,15)(H,14,16). The zero-order chi connectivity index (χ0) is 12.7. The third-order valence-electron chi connectivity index (χ3n) is 2.17. The Morgan fingerprint density at radius 2 is 1.76 bits per heavy atom. The van der Waals surface area contributed by atoms with E-state index in [1.165, 1.54) is 6.92 Å². The molecule has 0 fully saturated rings. The van der Waals surface area contributed by atoms with Crippen LogP contribution >= 0.6 is 12.6 Å². The summed E-state index contributed by atoms with van der Waals surface area (Å²) in [5.41, 5.74) is 2.01. The summed E-state index contributed by atoms with van der Waals surface area (Å²) < 4.78 is 0. The van der Waals surface area contributed by atoms with Crippen molar-refractivity contribution in [1.82, 2.24) is 10.6 Å². The lowest BCUT2D eigenvalue weighted by Gasteiger charge is -2.07. The molecule has 0 spiro atoms. The van der Waals surface area contributed by atoms with E-state index in [4.69, 9.17) is 0 Å². The third-order valence-corrected chi connectivity index (χ3v) is 2.45. The monoisotopic (exact) mass is 252 g/mol. The van der Waals surface area contributed by atoms with Crippen LogP contribution in [0.2, 0.25) is 0 Å². The number of hydrogen-bond acceptors (Lipinski definition) is 3. The van der Waals surface area contributed by atoms with Gasteiger partial charge in [0.25, 0.3) is 0 Å². The maximum absolute atomic E-state index is 11.0. The second-order valence-corrected chi connectivity index (χ2v) is 3.98. The molecule has 2 amide bonds. The fourth-order valence-electron chi connectivity index (χ4n) is 1.33. The summed E-state index contributed by atoms with van der Waals surface area (Å²) in [4.78, 5) is 21.8. The quantitative estimate of drug-likeness (QED) is 0.681. The second-order valence-electron chi connectivity index (χ2n) is 3.66. The van der Waals surface area contributed by atoms with Crippen molar-refractivity contribution in [3.05, 3.63) is 35.4 Å². The highest BCUT2D eigenvalue weighted by atomic mass is 32.1. The normalized spacial score (nSPS) is 9.76. The first-order chi connectivity index (χ1) is 8.11. The maximum atomic E-state index is 11.0. The highest BCUT2D eigenvalue weighted by Gasteiger charge is 2.00. The largest absolute Gasteiger partial charge is 0.352 e. The van der Waals surface area contributed by atoms with Gasteiger partial charge >= 0.3 is 0 Å². The van der Waals surface area contributed by atoms with Gasteiger partial charge in [0.15, 0.2) is 0 Å². The Morgan fingerprint density at radius 3 is 2.29 bits per heavy atom. The third kappa shape index (κ3) is 5.40. The molecule has 0 bridgehead atoms. The molecule has 0 heterocycles. The van der Waals surface area contributed by atoms with Gasteiger partial charge in [0, 0.05) is 20.0 Å². The minimum Gasteiger partial charge on any atom is -0.352 e. The van der Waals surface area contributed by atoms with Crippen LogP contribution in [0.1, 0.15) is 18.1 Å². The molecule has 0 aromatic heterocycles. The van der Waals surface area contributed by atoms with Gasteiger partial charge in [-0.15, -0.1) is 0 Å². The van der Waals surface area contributed by atoms with E-state index >= 15 is 0 Å². The van der Waals surface area contributed by atoms with E-state index in [9.17, 15) is 9.59 Å². The lowest BCUT2D eigenvalue weighted by molar-refractivity contribution is -0.119. The molecule has 0 aliphatic rings. The first kappa shape index (κ1) is 13.6. The highest BCUT2D eigenvalue weighted by molar-refractivity contribution is 7.81. The van der Waals surface area contributed by atoms with Crippen molar-refractivity contribution in [2.24, 2.45) is 0 Å². The molecule has 17 heavy (non-hydrogen) atoms. The summed E-state index contributed by atoms with van der Waals surface area (Å²) >= 11 is 3.88. The molecule has 92 valence electrons. The van der Waals surface area contributed by atoms with E-state index in [1.54, 1.807) is 0 Å². The van der Waals surface area contributed by atoms with Gasteiger partial charge in [-0.1, -0.05) is 24.3 Å². The molecule has 0 radical (unpaired) electrons. The average Bonchev–Trinajstić information content (AvgIpc) is 2.34. The Morgan fingerprint density at radius 1 is 1.18 bits per heavy atom. The molecule has 0 aliphatic carbocycles. The minimum absolute atomic E-state index is 0.0567. The molecule has 1 aromatic carbocycles. The van der Waals surface area contributed by atoms with Crippen LogP contribution in [0.4, 0.5) is 0 Å². The van der Waals surface area contributed by atoms with Gasteiger partial charge in [-0.05, 0) is 11.1 Å². The van der Waals surface area contributed by atoms with Crippen LogP contribution in [0, 0.1) is 0 Å². The van der Waals surface area contributed by atoms with Gasteiger partial charge in [0.1, 0.15) is 0 Å². The highest BCUT2D eigenvalue weighted by Crippen LogP contribution is 2.05. The zero-order valence-corrected chi connectivity index (χ0v) is 10.6. The maximum Gasteiger partial charge on any atom is 0.229 e. The van der Waals surface area contributed by atoms with Crippen molar-refractivity contribution in [2.75, 3.05) is 5.75 Å². The summed E-state index contributed by atoms with van der Waals surface area (Å²) in [6.07, 6.45) is 0. The van der Waals surface area contributed by atoms with Crippen LogP contribution in [0.5, 0.6) is 0 Å². The molecule has 2 N–H and O–H groups in total. The van der Waals surface area contributed by atoms with Gasteiger partial charge in [-0.2, -0.15) is 12.6 Å². The van der Waals surface area contributed by atoms with E-state index < -0.39 is 0 Å².